The van der Waals surface area contributed by atoms with Gasteiger partial charge in [0.15, 0.2) is 0 Å². The predicted octanol–water partition coefficient (Wildman–Crippen LogP) is 2.85. The number of anilines is 1. The van der Waals surface area contributed by atoms with Crippen LogP contribution in [0.15, 0.2) is 28.6 Å². The number of rotatable bonds is 4. The normalized spacial score (nSPS) is 16.0. The molecule has 116 valence electrons. The zero-order valence-electron chi connectivity index (χ0n) is 12.4. The lowest BCUT2D eigenvalue weighted by molar-refractivity contribution is -0.128. The molecular weight excluding hydrogens is 346 g/mol. The first-order valence-electron chi connectivity index (χ1n) is 7.23. The van der Waals surface area contributed by atoms with Crippen molar-refractivity contribution in [3.05, 3.63) is 28.6 Å². The van der Waals surface area contributed by atoms with Crippen LogP contribution in [-0.2, 0) is 4.79 Å². The van der Waals surface area contributed by atoms with Crippen LogP contribution in [0.3, 0.4) is 0 Å². The first kappa shape index (κ1) is 16.4. The van der Waals surface area contributed by atoms with E-state index in [0.29, 0.717) is 5.95 Å². The maximum atomic E-state index is 12.4. The molecule has 0 aliphatic heterocycles. The number of aromatic nitrogens is 2. The first-order chi connectivity index (χ1) is 10.6. The van der Waals surface area contributed by atoms with Gasteiger partial charge in [0, 0.05) is 31.7 Å². The third-order valence-corrected chi connectivity index (χ3v) is 4.17. The molecule has 1 aliphatic carbocycles. The summed E-state index contributed by atoms with van der Waals surface area (Å²) < 4.78 is 0.760. The summed E-state index contributed by atoms with van der Waals surface area (Å²) in [6.45, 7) is 0. The summed E-state index contributed by atoms with van der Waals surface area (Å²) in [4.78, 5) is 22.1. The number of nitrogens with one attached hydrogen (secondary N) is 1. The molecule has 1 aliphatic rings. The molecule has 6 nitrogen and oxygen atoms in total. The summed E-state index contributed by atoms with van der Waals surface area (Å²) in [7, 11) is 1.76. The van der Waals surface area contributed by atoms with Crippen molar-refractivity contribution in [1.82, 2.24) is 14.9 Å². The fourth-order valence-electron chi connectivity index (χ4n) is 2.49. The van der Waals surface area contributed by atoms with E-state index in [0.717, 1.165) is 30.2 Å². The molecule has 0 aromatic carbocycles. The van der Waals surface area contributed by atoms with Crippen LogP contribution >= 0.6 is 15.9 Å². The SMILES string of the molecule is CN(C(=O)/C(C#N)=C\Nc1ncc(Br)cn1)C1CCCCC1. The third-order valence-electron chi connectivity index (χ3n) is 3.76. The Labute approximate surface area is 138 Å². The number of carbonyl (C=O) groups excluding carboxylic acids is 1. The third kappa shape index (κ3) is 4.28. The highest BCUT2D eigenvalue weighted by Gasteiger charge is 2.24. The van der Waals surface area contributed by atoms with Crippen molar-refractivity contribution in [1.29, 1.82) is 5.26 Å². The molecular formula is C15H18BrN5O. The van der Waals surface area contributed by atoms with Gasteiger partial charge in [-0.2, -0.15) is 5.26 Å². The number of hydrogen-bond donors (Lipinski definition) is 1. The Bertz CT molecular complexity index is 587. The van der Waals surface area contributed by atoms with Crippen LogP contribution in [0.1, 0.15) is 32.1 Å². The molecule has 0 unspecified atom stereocenters. The molecule has 1 fully saturated rings. The number of carbonyl (C=O) groups is 1. The second-order valence-electron chi connectivity index (χ2n) is 5.25. The summed E-state index contributed by atoms with van der Waals surface area (Å²) in [6.07, 6.45) is 10.1. The summed E-state index contributed by atoms with van der Waals surface area (Å²) >= 11 is 3.24. The molecule has 0 bridgehead atoms. The van der Waals surface area contributed by atoms with E-state index in [2.05, 4.69) is 31.2 Å². The van der Waals surface area contributed by atoms with Crippen molar-refractivity contribution in [3.8, 4) is 6.07 Å². The van der Waals surface area contributed by atoms with Crippen molar-refractivity contribution < 1.29 is 4.79 Å². The molecule has 0 saturated heterocycles. The molecule has 1 saturated carbocycles. The van der Waals surface area contributed by atoms with E-state index in [1.165, 1.54) is 12.6 Å². The van der Waals surface area contributed by atoms with E-state index in [4.69, 9.17) is 0 Å². The highest BCUT2D eigenvalue weighted by atomic mass is 79.9. The molecule has 22 heavy (non-hydrogen) atoms. The minimum Gasteiger partial charge on any atom is -0.338 e. The van der Waals surface area contributed by atoms with Gasteiger partial charge >= 0.3 is 0 Å². The number of nitriles is 1. The molecule has 2 rings (SSSR count). The standard InChI is InChI=1S/C15H18BrN5O/c1-21(13-5-3-2-4-6-13)14(22)11(7-17)8-18-15-19-9-12(16)10-20-15/h8-10,13H,2-6H2,1H3,(H,18,19,20)/b11-8-. The van der Waals surface area contributed by atoms with Gasteiger partial charge in [-0.1, -0.05) is 19.3 Å². The smallest absolute Gasteiger partial charge is 0.266 e. The Balaban J connectivity index is 2.03. The molecule has 0 spiro atoms. The van der Waals surface area contributed by atoms with Gasteiger partial charge in [-0.15, -0.1) is 0 Å². The Morgan fingerprint density at radius 2 is 2.05 bits per heavy atom. The van der Waals surface area contributed by atoms with Crippen LogP contribution in [0.4, 0.5) is 5.95 Å². The van der Waals surface area contributed by atoms with Gasteiger partial charge in [-0.05, 0) is 28.8 Å². The average molecular weight is 364 g/mol. The second-order valence-corrected chi connectivity index (χ2v) is 6.16. The lowest BCUT2D eigenvalue weighted by Crippen LogP contribution is -2.39. The number of amides is 1. The number of nitrogens with zero attached hydrogens (tertiary/aromatic N) is 4. The van der Waals surface area contributed by atoms with E-state index in [9.17, 15) is 10.1 Å². The largest absolute Gasteiger partial charge is 0.338 e. The first-order valence-corrected chi connectivity index (χ1v) is 8.02. The van der Waals surface area contributed by atoms with Gasteiger partial charge < -0.3 is 10.2 Å². The minimum atomic E-state index is -0.265. The van der Waals surface area contributed by atoms with Crippen LogP contribution in [-0.4, -0.2) is 33.9 Å². The summed E-state index contributed by atoms with van der Waals surface area (Å²) in [5, 5.41) is 12.0. The van der Waals surface area contributed by atoms with Gasteiger partial charge in [0.2, 0.25) is 5.95 Å². The van der Waals surface area contributed by atoms with E-state index in [1.807, 2.05) is 6.07 Å². The minimum absolute atomic E-state index is 0.0552. The maximum absolute atomic E-state index is 12.4. The van der Waals surface area contributed by atoms with Gasteiger partial charge in [-0.3, -0.25) is 4.79 Å². The molecule has 1 heterocycles. The molecule has 1 aromatic rings. The zero-order chi connectivity index (χ0) is 15.9. The van der Waals surface area contributed by atoms with E-state index < -0.39 is 0 Å². The van der Waals surface area contributed by atoms with Gasteiger partial charge in [0.25, 0.3) is 5.91 Å². The van der Waals surface area contributed by atoms with Crippen molar-refractivity contribution >= 4 is 27.8 Å². The molecule has 0 atom stereocenters. The van der Waals surface area contributed by atoms with Crippen molar-refractivity contribution in [2.75, 3.05) is 12.4 Å². The quantitative estimate of drug-likeness (QED) is 0.656. The van der Waals surface area contributed by atoms with Gasteiger partial charge in [0.1, 0.15) is 11.6 Å². The van der Waals surface area contributed by atoms with Crippen LogP contribution < -0.4 is 5.32 Å². The van der Waals surface area contributed by atoms with Crippen LogP contribution in [0.2, 0.25) is 0 Å². The van der Waals surface area contributed by atoms with Gasteiger partial charge in [-0.25, -0.2) is 9.97 Å². The van der Waals surface area contributed by atoms with Crippen LogP contribution in [0.5, 0.6) is 0 Å². The Hall–Kier alpha value is -1.94. The fraction of sp³-hybridized carbons (Fsp3) is 0.467. The Kier molecular flexibility index (Phi) is 5.90. The molecule has 0 radical (unpaired) electrons. The maximum Gasteiger partial charge on any atom is 0.266 e. The fourth-order valence-corrected chi connectivity index (χ4v) is 2.69. The van der Waals surface area contributed by atoms with E-state index in [1.54, 1.807) is 24.3 Å². The highest BCUT2D eigenvalue weighted by molar-refractivity contribution is 9.10. The predicted molar refractivity (Wildman–Crippen MR) is 86.7 cm³/mol. The van der Waals surface area contributed by atoms with Crippen molar-refractivity contribution in [2.24, 2.45) is 0 Å². The number of hydrogen-bond acceptors (Lipinski definition) is 5. The monoisotopic (exact) mass is 363 g/mol. The Morgan fingerprint density at radius 3 is 2.64 bits per heavy atom. The lowest BCUT2D eigenvalue weighted by Gasteiger charge is -2.31. The zero-order valence-corrected chi connectivity index (χ0v) is 14.0. The average Bonchev–Trinajstić information content (AvgIpc) is 2.57. The van der Waals surface area contributed by atoms with Crippen LogP contribution in [0.25, 0.3) is 0 Å². The van der Waals surface area contributed by atoms with Gasteiger partial charge in [0.05, 0.1) is 4.47 Å². The van der Waals surface area contributed by atoms with Crippen molar-refractivity contribution in [3.63, 3.8) is 0 Å². The highest BCUT2D eigenvalue weighted by Crippen LogP contribution is 2.22. The molecule has 1 amide bonds. The molecule has 1 aromatic heterocycles. The van der Waals surface area contributed by atoms with Crippen molar-refractivity contribution in [2.45, 2.75) is 38.1 Å². The summed E-state index contributed by atoms with van der Waals surface area (Å²) in [5.74, 6) is 0.0723. The summed E-state index contributed by atoms with van der Waals surface area (Å²) in [5.41, 5.74) is 0.0552. The van der Waals surface area contributed by atoms with E-state index >= 15 is 0 Å². The number of halogens is 1. The summed E-state index contributed by atoms with van der Waals surface area (Å²) in [6, 6.07) is 2.17. The lowest BCUT2D eigenvalue weighted by atomic mass is 9.94. The Morgan fingerprint density at radius 1 is 1.41 bits per heavy atom. The molecule has 1 N–H and O–H groups in total. The second kappa shape index (κ2) is 7.90. The number of likely N-dealkylation sites (N-methyl/N-ethyl adjacent to an activating group) is 1. The topological polar surface area (TPSA) is 81.9 Å². The van der Waals surface area contributed by atoms with Crippen LogP contribution in [0, 0.1) is 11.3 Å². The molecule has 7 heteroatoms. The van der Waals surface area contributed by atoms with E-state index in [-0.39, 0.29) is 17.5 Å².